The van der Waals surface area contributed by atoms with Crippen LogP contribution in [0.3, 0.4) is 0 Å². The number of carbonyl (C=O) groups is 1. The number of anilines is 1. The number of carbonyl (C=O) groups excluding carboxylic acids is 1. The summed E-state index contributed by atoms with van der Waals surface area (Å²) in [5, 5.41) is 2.84. The molecule has 0 atom stereocenters. The number of nitrogens with one attached hydrogen (secondary N) is 1. The van der Waals surface area contributed by atoms with Crippen molar-refractivity contribution < 1.29 is 4.79 Å². The first kappa shape index (κ1) is 15.9. The Balaban J connectivity index is 1.57. The third-order valence-electron chi connectivity index (χ3n) is 3.69. The lowest BCUT2D eigenvalue weighted by Crippen LogP contribution is -2.12. The lowest BCUT2D eigenvalue weighted by atomic mass is 10.1. The van der Waals surface area contributed by atoms with Gasteiger partial charge in [-0.25, -0.2) is 9.97 Å². The van der Waals surface area contributed by atoms with E-state index in [1.165, 1.54) is 11.1 Å². The van der Waals surface area contributed by atoms with Crippen molar-refractivity contribution in [2.75, 3.05) is 5.32 Å². The lowest BCUT2D eigenvalue weighted by molar-refractivity contribution is -0.116. The van der Waals surface area contributed by atoms with Crippen LogP contribution in [0.2, 0.25) is 0 Å². The van der Waals surface area contributed by atoms with Crippen molar-refractivity contribution in [3.05, 3.63) is 78.1 Å². The fraction of sp³-hybridized carbons (Fsp3) is 0.150. The van der Waals surface area contributed by atoms with Crippen molar-refractivity contribution in [3.8, 4) is 11.4 Å². The number of aryl methyl sites for hydroxylation is 2. The van der Waals surface area contributed by atoms with Gasteiger partial charge in [-0.15, -0.1) is 0 Å². The highest BCUT2D eigenvalue weighted by Gasteiger charge is 2.05. The number of rotatable bonds is 5. The monoisotopic (exact) mass is 317 g/mol. The predicted octanol–water partition coefficient (Wildman–Crippen LogP) is 4.02. The van der Waals surface area contributed by atoms with Crippen LogP contribution in [0.15, 0.2) is 67.0 Å². The van der Waals surface area contributed by atoms with Crippen LogP contribution in [0.25, 0.3) is 11.4 Å². The zero-order chi connectivity index (χ0) is 16.8. The summed E-state index contributed by atoms with van der Waals surface area (Å²) in [6, 6.07) is 18.0. The average Bonchev–Trinajstić information content (AvgIpc) is 2.61. The summed E-state index contributed by atoms with van der Waals surface area (Å²) in [5.74, 6) is 0.612. The molecule has 4 nitrogen and oxygen atoms in total. The molecule has 0 saturated heterocycles. The van der Waals surface area contributed by atoms with E-state index in [9.17, 15) is 4.79 Å². The highest BCUT2D eigenvalue weighted by molar-refractivity contribution is 5.90. The van der Waals surface area contributed by atoms with E-state index in [-0.39, 0.29) is 5.91 Å². The summed E-state index contributed by atoms with van der Waals surface area (Å²) in [4.78, 5) is 20.7. The number of amides is 1. The number of aromatic nitrogens is 2. The quantitative estimate of drug-likeness (QED) is 0.773. The summed E-state index contributed by atoms with van der Waals surface area (Å²) in [5.41, 5.74) is 3.94. The second kappa shape index (κ2) is 7.51. The molecule has 0 aliphatic rings. The maximum atomic E-state index is 12.1. The smallest absolute Gasteiger partial charge is 0.224 e. The Morgan fingerprint density at radius 3 is 2.46 bits per heavy atom. The van der Waals surface area contributed by atoms with Crippen LogP contribution >= 0.6 is 0 Å². The van der Waals surface area contributed by atoms with E-state index in [1.54, 1.807) is 12.4 Å². The molecule has 3 aromatic rings. The lowest BCUT2D eigenvalue weighted by Gasteiger charge is -2.06. The van der Waals surface area contributed by atoms with E-state index < -0.39 is 0 Å². The molecule has 1 amide bonds. The molecule has 1 aromatic heterocycles. The zero-order valence-electron chi connectivity index (χ0n) is 13.6. The third kappa shape index (κ3) is 4.26. The normalized spacial score (nSPS) is 10.4. The molecule has 1 heterocycles. The highest BCUT2D eigenvalue weighted by atomic mass is 16.1. The first-order chi connectivity index (χ1) is 11.7. The molecule has 0 aliphatic heterocycles. The van der Waals surface area contributed by atoms with Crippen LogP contribution in [0.4, 0.5) is 5.69 Å². The third-order valence-corrected chi connectivity index (χ3v) is 3.69. The van der Waals surface area contributed by atoms with E-state index in [1.807, 2.05) is 42.5 Å². The van der Waals surface area contributed by atoms with Crippen molar-refractivity contribution in [3.63, 3.8) is 0 Å². The minimum atomic E-state index is -0.0347. The summed E-state index contributed by atoms with van der Waals surface area (Å²) in [7, 11) is 0. The van der Waals surface area contributed by atoms with Gasteiger partial charge in [0.1, 0.15) is 0 Å². The van der Waals surface area contributed by atoms with Crippen molar-refractivity contribution in [2.45, 2.75) is 19.8 Å². The molecular formula is C20H19N3O. The fourth-order valence-electron chi connectivity index (χ4n) is 2.48. The van der Waals surface area contributed by atoms with E-state index in [4.69, 9.17) is 0 Å². The summed E-state index contributed by atoms with van der Waals surface area (Å²) < 4.78 is 0. The summed E-state index contributed by atoms with van der Waals surface area (Å²) in [6.07, 6.45) is 4.43. The largest absolute Gasteiger partial charge is 0.323 e. The molecule has 0 aliphatic carbocycles. The Hall–Kier alpha value is -3.01. The molecule has 0 saturated carbocycles. The molecular weight excluding hydrogens is 298 g/mol. The van der Waals surface area contributed by atoms with Crippen LogP contribution in [0.1, 0.15) is 17.5 Å². The molecule has 0 bridgehead atoms. The van der Waals surface area contributed by atoms with Gasteiger partial charge in [0, 0.05) is 12.0 Å². The second-order valence-electron chi connectivity index (χ2n) is 5.70. The average molecular weight is 317 g/mol. The fourth-order valence-corrected chi connectivity index (χ4v) is 2.48. The number of nitrogens with zero attached hydrogens (tertiary/aromatic N) is 2. The Morgan fingerprint density at radius 2 is 1.75 bits per heavy atom. The van der Waals surface area contributed by atoms with Crippen molar-refractivity contribution >= 4 is 11.6 Å². The molecule has 0 unspecified atom stereocenters. The molecule has 0 radical (unpaired) electrons. The Bertz CT molecular complexity index is 814. The second-order valence-corrected chi connectivity index (χ2v) is 5.70. The topological polar surface area (TPSA) is 54.9 Å². The molecule has 2 aromatic carbocycles. The molecule has 3 rings (SSSR count). The van der Waals surface area contributed by atoms with Crippen LogP contribution in [-0.2, 0) is 11.2 Å². The van der Waals surface area contributed by atoms with Crippen molar-refractivity contribution in [1.29, 1.82) is 0 Å². The number of hydrogen-bond donors (Lipinski definition) is 1. The molecule has 1 N–H and O–H groups in total. The van der Waals surface area contributed by atoms with Gasteiger partial charge in [-0.05, 0) is 18.9 Å². The van der Waals surface area contributed by atoms with Crippen molar-refractivity contribution in [2.24, 2.45) is 0 Å². The predicted molar refractivity (Wildman–Crippen MR) is 95.6 cm³/mol. The zero-order valence-corrected chi connectivity index (χ0v) is 13.6. The molecule has 24 heavy (non-hydrogen) atoms. The van der Waals surface area contributed by atoms with Crippen LogP contribution in [-0.4, -0.2) is 15.9 Å². The summed E-state index contributed by atoms with van der Waals surface area (Å²) >= 11 is 0. The highest BCUT2D eigenvalue weighted by Crippen LogP contribution is 2.15. The van der Waals surface area contributed by atoms with Gasteiger partial charge in [-0.2, -0.15) is 0 Å². The standard InChI is InChI=1S/C20H19N3O/c1-15-6-5-7-16(12-15)10-11-19(24)23-18-13-21-20(22-14-18)17-8-3-2-4-9-17/h2-9,12-14H,10-11H2,1H3,(H,23,24). The number of hydrogen-bond acceptors (Lipinski definition) is 3. The minimum absolute atomic E-state index is 0.0347. The maximum Gasteiger partial charge on any atom is 0.224 e. The van der Waals surface area contributed by atoms with Crippen molar-refractivity contribution in [1.82, 2.24) is 9.97 Å². The van der Waals surface area contributed by atoms with E-state index in [0.29, 0.717) is 17.9 Å². The Labute approximate surface area is 141 Å². The first-order valence-corrected chi connectivity index (χ1v) is 7.93. The van der Waals surface area contributed by atoms with Crippen LogP contribution < -0.4 is 5.32 Å². The van der Waals surface area contributed by atoms with Gasteiger partial charge in [0.15, 0.2) is 5.82 Å². The Morgan fingerprint density at radius 1 is 1.00 bits per heavy atom. The van der Waals surface area contributed by atoms with Gasteiger partial charge in [0.05, 0.1) is 18.1 Å². The Kier molecular flexibility index (Phi) is 4.96. The minimum Gasteiger partial charge on any atom is -0.323 e. The van der Waals surface area contributed by atoms with E-state index in [0.717, 1.165) is 12.0 Å². The van der Waals surface area contributed by atoms with Gasteiger partial charge < -0.3 is 5.32 Å². The molecule has 120 valence electrons. The van der Waals surface area contributed by atoms with Gasteiger partial charge in [-0.3, -0.25) is 4.79 Å². The first-order valence-electron chi connectivity index (χ1n) is 7.93. The van der Waals surface area contributed by atoms with Gasteiger partial charge in [0.25, 0.3) is 0 Å². The summed E-state index contributed by atoms with van der Waals surface area (Å²) in [6.45, 7) is 2.05. The molecule has 4 heteroatoms. The maximum absolute atomic E-state index is 12.1. The molecule has 0 spiro atoms. The van der Waals surface area contributed by atoms with Gasteiger partial charge in [0.2, 0.25) is 5.91 Å². The van der Waals surface area contributed by atoms with Gasteiger partial charge in [-0.1, -0.05) is 60.2 Å². The number of benzene rings is 2. The van der Waals surface area contributed by atoms with E-state index in [2.05, 4.69) is 34.3 Å². The van der Waals surface area contributed by atoms with Gasteiger partial charge >= 0.3 is 0 Å². The van der Waals surface area contributed by atoms with Crippen LogP contribution in [0, 0.1) is 6.92 Å². The van der Waals surface area contributed by atoms with E-state index >= 15 is 0 Å². The SMILES string of the molecule is Cc1cccc(CCC(=O)Nc2cnc(-c3ccccc3)nc2)c1. The molecule has 0 fully saturated rings. The van der Waals surface area contributed by atoms with Crippen LogP contribution in [0.5, 0.6) is 0 Å².